The number of urea groups is 1. The van der Waals surface area contributed by atoms with Gasteiger partial charge in [-0.1, -0.05) is 19.1 Å². The molecule has 0 aromatic heterocycles. The van der Waals surface area contributed by atoms with Crippen molar-refractivity contribution in [2.24, 2.45) is 5.92 Å². The molecular formula is C17H27N3O. The molecule has 0 aliphatic heterocycles. The lowest BCUT2D eigenvalue weighted by Gasteiger charge is -2.16. The highest BCUT2D eigenvalue weighted by atomic mass is 16.2. The standard InChI is InChI=1S/C17H27N3O/c1-4-11-18-12(2)14-7-9-16(10-8-14)20-17(21)19-13(3)15-5-6-15/h7-10,12-13,15,18H,4-6,11H2,1-3H3,(H2,19,20,21). The summed E-state index contributed by atoms with van der Waals surface area (Å²) in [5.41, 5.74) is 2.07. The van der Waals surface area contributed by atoms with Crippen LogP contribution >= 0.6 is 0 Å². The minimum Gasteiger partial charge on any atom is -0.335 e. The van der Waals surface area contributed by atoms with Crippen molar-refractivity contribution in [2.75, 3.05) is 11.9 Å². The van der Waals surface area contributed by atoms with Crippen molar-refractivity contribution >= 4 is 11.7 Å². The number of anilines is 1. The Bertz CT molecular complexity index is 454. The third-order valence-electron chi connectivity index (χ3n) is 4.06. The molecule has 1 fully saturated rings. The van der Waals surface area contributed by atoms with E-state index < -0.39 is 0 Å². The molecule has 1 aliphatic rings. The zero-order valence-corrected chi connectivity index (χ0v) is 13.3. The Kier molecular flexibility index (Phi) is 5.62. The maximum absolute atomic E-state index is 11.9. The fourth-order valence-corrected chi connectivity index (χ4v) is 2.42. The van der Waals surface area contributed by atoms with Crippen molar-refractivity contribution in [2.45, 2.75) is 52.1 Å². The van der Waals surface area contributed by atoms with E-state index in [9.17, 15) is 4.79 Å². The Labute approximate surface area is 127 Å². The lowest BCUT2D eigenvalue weighted by Crippen LogP contribution is -2.37. The van der Waals surface area contributed by atoms with Crippen LogP contribution in [0, 0.1) is 5.92 Å². The zero-order chi connectivity index (χ0) is 15.2. The van der Waals surface area contributed by atoms with Gasteiger partial charge in [-0.15, -0.1) is 0 Å². The third kappa shape index (κ3) is 5.05. The predicted molar refractivity (Wildman–Crippen MR) is 87.5 cm³/mol. The van der Waals surface area contributed by atoms with Crippen LogP contribution in [0.15, 0.2) is 24.3 Å². The van der Waals surface area contributed by atoms with Crippen molar-refractivity contribution in [1.29, 1.82) is 0 Å². The van der Waals surface area contributed by atoms with Crippen molar-refractivity contribution in [3.05, 3.63) is 29.8 Å². The van der Waals surface area contributed by atoms with Crippen LogP contribution in [0.2, 0.25) is 0 Å². The van der Waals surface area contributed by atoms with Crippen LogP contribution in [0.4, 0.5) is 10.5 Å². The first-order valence-electron chi connectivity index (χ1n) is 8.01. The highest BCUT2D eigenvalue weighted by Gasteiger charge is 2.28. The Hall–Kier alpha value is -1.55. The Balaban J connectivity index is 1.82. The van der Waals surface area contributed by atoms with E-state index in [0.717, 1.165) is 18.7 Å². The minimum atomic E-state index is -0.112. The van der Waals surface area contributed by atoms with Gasteiger partial charge in [-0.25, -0.2) is 4.79 Å². The SMILES string of the molecule is CCCNC(C)c1ccc(NC(=O)NC(C)C2CC2)cc1. The van der Waals surface area contributed by atoms with Crippen LogP contribution in [0.25, 0.3) is 0 Å². The van der Waals surface area contributed by atoms with Crippen LogP contribution in [0.5, 0.6) is 0 Å². The molecule has 3 N–H and O–H groups in total. The van der Waals surface area contributed by atoms with Gasteiger partial charge in [0.25, 0.3) is 0 Å². The van der Waals surface area contributed by atoms with Gasteiger partial charge in [-0.2, -0.15) is 0 Å². The summed E-state index contributed by atoms with van der Waals surface area (Å²) in [5, 5.41) is 9.34. The van der Waals surface area contributed by atoms with Gasteiger partial charge < -0.3 is 16.0 Å². The molecule has 2 unspecified atom stereocenters. The predicted octanol–water partition coefficient (Wildman–Crippen LogP) is 3.67. The molecule has 1 saturated carbocycles. The number of carbonyl (C=O) groups excluding carboxylic acids is 1. The van der Waals surface area contributed by atoms with Gasteiger partial charge in [-0.3, -0.25) is 0 Å². The molecule has 0 spiro atoms. The maximum atomic E-state index is 11.9. The second-order valence-electron chi connectivity index (χ2n) is 6.02. The van der Waals surface area contributed by atoms with Crippen LogP contribution < -0.4 is 16.0 Å². The molecule has 1 aromatic rings. The van der Waals surface area contributed by atoms with Gasteiger partial charge in [0.15, 0.2) is 0 Å². The van der Waals surface area contributed by atoms with Crippen LogP contribution in [0.3, 0.4) is 0 Å². The fourth-order valence-electron chi connectivity index (χ4n) is 2.42. The summed E-state index contributed by atoms with van der Waals surface area (Å²) in [6.07, 6.45) is 3.60. The summed E-state index contributed by atoms with van der Waals surface area (Å²) in [5.74, 6) is 0.670. The van der Waals surface area contributed by atoms with E-state index in [-0.39, 0.29) is 12.1 Å². The lowest BCUT2D eigenvalue weighted by atomic mass is 10.1. The fraction of sp³-hybridized carbons (Fsp3) is 0.588. The molecule has 2 rings (SSSR count). The normalized spacial score (nSPS) is 17.1. The van der Waals surface area contributed by atoms with E-state index in [1.165, 1.54) is 18.4 Å². The van der Waals surface area contributed by atoms with Crippen LogP contribution in [0.1, 0.15) is 51.6 Å². The van der Waals surface area contributed by atoms with Gasteiger partial charge in [0.1, 0.15) is 0 Å². The Morgan fingerprint density at radius 1 is 1.24 bits per heavy atom. The first-order valence-corrected chi connectivity index (χ1v) is 8.01. The first kappa shape index (κ1) is 15.8. The van der Waals surface area contributed by atoms with E-state index in [1.807, 2.05) is 12.1 Å². The van der Waals surface area contributed by atoms with Gasteiger partial charge in [-0.05, 0) is 63.3 Å². The molecule has 4 nitrogen and oxygen atoms in total. The summed E-state index contributed by atoms with van der Waals surface area (Å²) < 4.78 is 0. The van der Waals surface area contributed by atoms with Crippen LogP contribution in [-0.2, 0) is 0 Å². The topological polar surface area (TPSA) is 53.2 Å². The lowest BCUT2D eigenvalue weighted by molar-refractivity contribution is 0.248. The second kappa shape index (κ2) is 7.46. The van der Waals surface area contributed by atoms with E-state index >= 15 is 0 Å². The summed E-state index contributed by atoms with van der Waals surface area (Å²) in [7, 11) is 0. The molecule has 2 amide bonds. The monoisotopic (exact) mass is 289 g/mol. The molecule has 0 radical (unpaired) electrons. The average Bonchev–Trinajstić information content (AvgIpc) is 3.30. The van der Waals surface area contributed by atoms with Gasteiger partial charge in [0, 0.05) is 17.8 Å². The van der Waals surface area contributed by atoms with E-state index in [4.69, 9.17) is 0 Å². The number of amides is 2. The highest BCUT2D eigenvalue weighted by molar-refractivity contribution is 5.89. The Morgan fingerprint density at radius 2 is 1.90 bits per heavy atom. The molecule has 21 heavy (non-hydrogen) atoms. The molecule has 0 heterocycles. The molecule has 0 saturated heterocycles. The number of hydrogen-bond donors (Lipinski definition) is 3. The van der Waals surface area contributed by atoms with Crippen molar-refractivity contribution in [3.8, 4) is 0 Å². The van der Waals surface area contributed by atoms with Crippen molar-refractivity contribution in [3.63, 3.8) is 0 Å². The third-order valence-corrected chi connectivity index (χ3v) is 4.06. The van der Waals surface area contributed by atoms with Crippen molar-refractivity contribution < 1.29 is 4.79 Å². The van der Waals surface area contributed by atoms with E-state index in [0.29, 0.717) is 12.0 Å². The number of hydrogen-bond acceptors (Lipinski definition) is 2. The van der Waals surface area contributed by atoms with Crippen LogP contribution in [-0.4, -0.2) is 18.6 Å². The zero-order valence-electron chi connectivity index (χ0n) is 13.3. The number of benzene rings is 1. The summed E-state index contributed by atoms with van der Waals surface area (Å²) in [4.78, 5) is 11.9. The highest BCUT2D eigenvalue weighted by Crippen LogP contribution is 2.32. The second-order valence-corrected chi connectivity index (χ2v) is 6.02. The largest absolute Gasteiger partial charge is 0.335 e. The molecule has 4 heteroatoms. The molecule has 1 aromatic carbocycles. The number of carbonyl (C=O) groups is 1. The van der Waals surface area contributed by atoms with Gasteiger partial charge in [0.05, 0.1) is 0 Å². The maximum Gasteiger partial charge on any atom is 0.319 e. The number of nitrogens with one attached hydrogen (secondary N) is 3. The van der Waals surface area contributed by atoms with E-state index in [2.05, 4.69) is 48.9 Å². The first-order chi connectivity index (χ1) is 10.1. The summed E-state index contributed by atoms with van der Waals surface area (Å²) in [6.45, 7) is 7.40. The van der Waals surface area contributed by atoms with Gasteiger partial charge >= 0.3 is 6.03 Å². The summed E-state index contributed by atoms with van der Waals surface area (Å²) in [6, 6.07) is 8.53. The Morgan fingerprint density at radius 3 is 2.48 bits per heavy atom. The molecule has 2 atom stereocenters. The molecule has 116 valence electrons. The average molecular weight is 289 g/mol. The number of rotatable bonds is 7. The van der Waals surface area contributed by atoms with Crippen molar-refractivity contribution in [1.82, 2.24) is 10.6 Å². The summed E-state index contributed by atoms with van der Waals surface area (Å²) >= 11 is 0. The van der Waals surface area contributed by atoms with E-state index in [1.54, 1.807) is 0 Å². The molecule has 1 aliphatic carbocycles. The molecule has 0 bridgehead atoms. The minimum absolute atomic E-state index is 0.112. The smallest absolute Gasteiger partial charge is 0.319 e. The van der Waals surface area contributed by atoms with Gasteiger partial charge in [0.2, 0.25) is 0 Å². The molecular weight excluding hydrogens is 262 g/mol. The quantitative estimate of drug-likeness (QED) is 0.717.